The van der Waals surface area contributed by atoms with Crippen LogP contribution >= 0.6 is 0 Å². The zero-order valence-corrected chi connectivity index (χ0v) is 15.0. The fraction of sp³-hybridized carbons (Fsp3) is 0.316. The fourth-order valence-corrected chi connectivity index (χ4v) is 5.27. The third kappa shape index (κ3) is 3.39. The molecule has 1 saturated carbocycles. The highest BCUT2D eigenvalue weighted by Crippen LogP contribution is 2.29. The molecule has 0 radical (unpaired) electrons. The maximum absolute atomic E-state index is 12.7. The van der Waals surface area contributed by atoms with Gasteiger partial charge >= 0.3 is 6.03 Å². The summed E-state index contributed by atoms with van der Waals surface area (Å²) in [6, 6.07) is 17.0. The van der Waals surface area contributed by atoms with Crippen LogP contribution in [0.3, 0.4) is 0 Å². The Morgan fingerprint density at radius 1 is 0.846 bits per heavy atom. The summed E-state index contributed by atoms with van der Waals surface area (Å²) in [5.74, 6) is 0. The summed E-state index contributed by atoms with van der Waals surface area (Å²) in [5.41, 5.74) is 2.68. The van der Waals surface area contributed by atoms with Gasteiger partial charge in [0.05, 0.1) is 17.3 Å². The predicted octanol–water partition coefficient (Wildman–Crippen LogP) is 2.70. The van der Waals surface area contributed by atoms with Crippen LogP contribution in [-0.4, -0.2) is 31.8 Å². The minimum Gasteiger partial charge on any atom is -0.333 e. The largest absolute Gasteiger partial charge is 0.333 e. The van der Waals surface area contributed by atoms with Gasteiger partial charge in [-0.15, -0.1) is 0 Å². The van der Waals surface area contributed by atoms with E-state index in [0.717, 1.165) is 11.1 Å². The van der Waals surface area contributed by atoms with E-state index in [1.807, 2.05) is 42.5 Å². The first-order chi connectivity index (χ1) is 12.5. The quantitative estimate of drug-likeness (QED) is 0.772. The molecule has 3 N–H and O–H groups in total. The lowest BCUT2D eigenvalue weighted by molar-refractivity contribution is 0.247. The molecule has 2 fully saturated rings. The zero-order valence-electron chi connectivity index (χ0n) is 14.2. The van der Waals surface area contributed by atoms with E-state index in [9.17, 15) is 13.2 Å². The van der Waals surface area contributed by atoms with Crippen molar-refractivity contribution in [3.63, 3.8) is 0 Å². The number of anilines is 1. The second-order valence-electron chi connectivity index (χ2n) is 6.86. The molecule has 0 bridgehead atoms. The number of nitrogens with one attached hydrogen (secondary N) is 3. The van der Waals surface area contributed by atoms with Crippen molar-refractivity contribution in [3.05, 3.63) is 54.6 Å². The van der Waals surface area contributed by atoms with Crippen LogP contribution < -0.4 is 15.4 Å². The van der Waals surface area contributed by atoms with Gasteiger partial charge < -0.3 is 10.6 Å². The van der Waals surface area contributed by atoms with Gasteiger partial charge in [-0.3, -0.25) is 4.72 Å². The smallest absolute Gasteiger partial charge is 0.315 e. The van der Waals surface area contributed by atoms with E-state index in [0.29, 0.717) is 24.9 Å². The molecule has 4 rings (SSSR count). The van der Waals surface area contributed by atoms with Crippen LogP contribution in [0, 0.1) is 0 Å². The molecule has 3 atom stereocenters. The normalized spacial score (nSPS) is 25.1. The number of hydrogen-bond donors (Lipinski definition) is 3. The second-order valence-corrected chi connectivity index (χ2v) is 8.82. The number of amides is 2. The summed E-state index contributed by atoms with van der Waals surface area (Å²) in [7, 11) is -3.50. The molecule has 0 spiro atoms. The number of carbonyl (C=O) groups excluding carboxylic acids is 1. The van der Waals surface area contributed by atoms with E-state index in [2.05, 4.69) is 15.4 Å². The third-order valence-corrected chi connectivity index (χ3v) is 6.95. The molecule has 136 valence electrons. The Balaban J connectivity index is 1.45. The molecule has 7 heteroatoms. The van der Waals surface area contributed by atoms with E-state index in [-0.39, 0.29) is 18.1 Å². The Morgan fingerprint density at radius 2 is 1.50 bits per heavy atom. The molecule has 1 aliphatic heterocycles. The number of urea groups is 1. The highest BCUT2D eigenvalue weighted by molar-refractivity contribution is 7.93. The Labute approximate surface area is 153 Å². The van der Waals surface area contributed by atoms with Crippen LogP contribution in [0.1, 0.15) is 19.3 Å². The lowest BCUT2D eigenvalue weighted by Crippen LogP contribution is -2.45. The Morgan fingerprint density at radius 3 is 2.23 bits per heavy atom. The minimum atomic E-state index is -3.50. The summed E-state index contributed by atoms with van der Waals surface area (Å²) < 4.78 is 28.2. The SMILES string of the molecule is O=C1NC2CCC(S(=O)(=O)Nc3ccc(-c4ccccc4)cc3)CC2N1. The molecular formula is C19H21N3O3S. The summed E-state index contributed by atoms with van der Waals surface area (Å²) in [6.45, 7) is 0. The molecule has 1 aliphatic carbocycles. The summed E-state index contributed by atoms with van der Waals surface area (Å²) in [4.78, 5) is 11.4. The molecule has 2 aliphatic rings. The van der Waals surface area contributed by atoms with Crippen LogP contribution in [0.5, 0.6) is 0 Å². The van der Waals surface area contributed by atoms with Gasteiger partial charge in [-0.25, -0.2) is 13.2 Å². The van der Waals surface area contributed by atoms with Crippen LogP contribution in [0.4, 0.5) is 10.5 Å². The lowest BCUT2D eigenvalue weighted by atomic mass is 9.91. The van der Waals surface area contributed by atoms with Crippen molar-refractivity contribution in [1.82, 2.24) is 10.6 Å². The Kier molecular flexibility index (Phi) is 4.32. The topological polar surface area (TPSA) is 87.3 Å². The van der Waals surface area contributed by atoms with Gasteiger partial charge in [0.1, 0.15) is 0 Å². The van der Waals surface area contributed by atoms with Crippen molar-refractivity contribution < 1.29 is 13.2 Å². The van der Waals surface area contributed by atoms with Gasteiger partial charge in [0.2, 0.25) is 10.0 Å². The van der Waals surface area contributed by atoms with Gasteiger partial charge in [-0.05, 0) is 42.5 Å². The zero-order chi connectivity index (χ0) is 18.1. The van der Waals surface area contributed by atoms with Crippen molar-refractivity contribution in [2.24, 2.45) is 0 Å². The Hall–Kier alpha value is -2.54. The van der Waals surface area contributed by atoms with Gasteiger partial charge in [0, 0.05) is 5.69 Å². The highest BCUT2D eigenvalue weighted by atomic mass is 32.2. The summed E-state index contributed by atoms with van der Waals surface area (Å²) >= 11 is 0. The first-order valence-electron chi connectivity index (χ1n) is 8.75. The molecule has 2 aromatic carbocycles. The van der Waals surface area contributed by atoms with Crippen LogP contribution in [0.15, 0.2) is 54.6 Å². The molecule has 3 unspecified atom stereocenters. The monoisotopic (exact) mass is 371 g/mol. The van der Waals surface area contributed by atoms with Crippen molar-refractivity contribution >= 4 is 21.7 Å². The van der Waals surface area contributed by atoms with Gasteiger partial charge in [-0.1, -0.05) is 42.5 Å². The second kappa shape index (κ2) is 6.64. The number of carbonyl (C=O) groups is 1. The molecule has 0 aromatic heterocycles. The molecule has 1 saturated heterocycles. The van der Waals surface area contributed by atoms with E-state index >= 15 is 0 Å². The molecule has 2 aromatic rings. The standard InChI is InChI=1S/C19H21N3O3S/c23-19-20-17-11-10-16(12-18(17)21-19)26(24,25)22-15-8-6-14(7-9-15)13-4-2-1-3-5-13/h1-9,16-18,22H,10-12H2,(H2,20,21,23). The summed E-state index contributed by atoms with van der Waals surface area (Å²) in [5, 5.41) is 5.14. The number of hydrogen-bond acceptors (Lipinski definition) is 3. The van der Waals surface area contributed by atoms with Crippen LogP contribution in [-0.2, 0) is 10.0 Å². The van der Waals surface area contributed by atoms with Crippen molar-refractivity contribution in [3.8, 4) is 11.1 Å². The van der Waals surface area contributed by atoms with Crippen molar-refractivity contribution in [2.45, 2.75) is 36.6 Å². The van der Waals surface area contributed by atoms with Crippen LogP contribution in [0.25, 0.3) is 11.1 Å². The fourth-order valence-electron chi connectivity index (χ4n) is 3.73. The minimum absolute atomic E-state index is 0.0408. The van der Waals surface area contributed by atoms with Gasteiger partial charge in [0.25, 0.3) is 0 Å². The molecule has 6 nitrogen and oxygen atoms in total. The number of benzene rings is 2. The van der Waals surface area contributed by atoms with Gasteiger partial charge in [0.15, 0.2) is 0 Å². The Bertz CT molecular complexity index is 897. The first-order valence-corrected chi connectivity index (χ1v) is 10.3. The predicted molar refractivity (Wildman–Crippen MR) is 101 cm³/mol. The molecular weight excluding hydrogens is 350 g/mol. The first kappa shape index (κ1) is 16.9. The maximum Gasteiger partial charge on any atom is 0.315 e. The molecule has 1 heterocycles. The van der Waals surface area contributed by atoms with E-state index in [1.165, 1.54) is 0 Å². The van der Waals surface area contributed by atoms with E-state index in [1.54, 1.807) is 12.1 Å². The number of rotatable bonds is 4. The van der Waals surface area contributed by atoms with Gasteiger partial charge in [-0.2, -0.15) is 0 Å². The van der Waals surface area contributed by atoms with Crippen LogP contribution in [0.2, 0.25) is 0 Å². The lowest BCUT2D eigenvalue weighted by Gasteiger charge is -2.30. The van der Waals surface area contributed by atoms with E-state index in [4.69, 9.17) is 0 Å². The highest BCUT2D eigenvalue weighted by Gasteiger charge is 2.41. The van der Waals surface area contributed by atoms with Crippen molar-refractivity contribution in [2.75, 3.05) is 4.72 Å². The molecule has 2 amide bonds. The third-order valence-electron chi connectivity index (χ3n) is 5.13. The number of sulfonamides is 1. The number of fused-ring (bicyclic) bond motifs is 1. The van der Waals surface area contributed by atoms with Crippen molar-refractivity contribution in [1.29, 1.82) is 0 Å². The van der Waals surface area contributed by atoms with E-state index < -0.39 is 15.3 Å². The molecule has 26 heavy (non-hydrogen) atoms. The average molecular weight is 371 g/mol. The average Bonchev–Trinajstić information content (AvgIpc) is 3.02. The maximum atomic E-state index is 12.7. The summed E-state index contributed by atoms with van der Waals surface area (Å²) in [6.07, 6.45) is 1.64.